The third-order valence-corrected chi connectivity index (χ3v) is 5.98. The summed E-state index contributed by atoms with van der Waals surface area (Å²) in [4.78, 5) is 9.44. The number of benzene rings is 1. The van der Waals surface area contributed by atoms with Crippen molar-refractivity contribution in [3.8, 4) is 0 Å². The molecule has 1 aromatic rings. The van der Waals surface area contributed by atoms with E-state index in [9.17, 15) is 0 Å². The first kappa shape index (κ1) is 26.3. The molecular formula is C23H39IN4O3. The van der Waals surface area contributed by atoms with Crippen molar-refractivity contribution in [1.29, 1.82) is 0 Å². The van der Waals surface area contributed by atoms with Crippen LogP contribution in [0.25, 0.3) is 0 Å². The summed E-state index contributed by atoms with van der Waals surface area (Å²) in [5, 5.41) is 3.65. The molecule has 2 aliphatic heterocycles. The minimum absolute atomic E-state index is 0. The van der Waals surface area contributed by atoms with Crippen molar-refractivity contribution in [2.45, 2.75) is 19.4 Å². The second-order valence-electron chi connectivity index (χ2n) is 8.17. The van der Waals surface area contributed by atoms with E-state index in [0.29, 0.717) is 25.2 Å². The number of halogens is 1. The van der Waals surface area contributed by atoms with Gasteiger partial charge >= 0.3 is 0 Å². The molecule has 2 fully saturated rings. The predicted molar refractivity (Wildman–Crippen MR) is 135 cm³/mol. The normalized spacial score (nSPS) is 21.1. The number of likely N-dealkylation sites (tertiary alicyclic amines) is 1. The molecule has 2 atom stereocenters. The van der Waals surface area contributed by atoms with E-state index in [0.717, 1.165) is 64.9 Å². The maximum atomic E-state index is 5.73. The number of ether oxygens (including phenoxy) is 3. The first-order valence-electron chi connectivity index (χ1n) is 11.1. The maximum Gasteiger partial charge on any atom is 0.193 e. The SMILES string of the molecule is CN=C(NCC(c1ccc(C)cc1)N1CCOCC1)N1CCC(COCCOC)C1.I. The molecule has 7 nitrogen and oxygen atoms in total. The summed E-state index contributed by atoms with van der Waals surface area (Å²) in [6, 6.07) is 9.21. The molecule has 2 aliphatic rings. The molecule has 0 aliphatic carbocycles. The van der Waals surface area contributed by atoms with Crippen LogP contribution < -0.4 is 5.32 Å². The summed E-state index contributed by atoms with van der Waals surface area (Å²) in [5.41, 5.74) is 2.63. The van der Waals surface area contributed by atoms with Gasteiger partial charge in [-0.25, -0.2) is 0 Å². The number of hydrogen-bond acceptors (Lipinski definition) is 5. The van der Waals surface area contributed by atoms with Crippen molar-refractivity contribution in [2.24, 2.45) is 10.9 Å². The fourth-order valence-corrected chi connectivity index (χ4v) is 4.21. The van der Waals surface area contributed by atoms with Crippen molar-refractivity contribution in [1.82, 2.24) is 15.1 Å². The Kier molecular flexibility index (Phi) is 12.1. The zero-order valence-electron chi connectivity index (χ0n) is 19.2. The van der Waals surface area contributed by atoms with Gasteiger partial charge in [-0.1, -0.05) is 29.8 Å². The smallest absolute Gasteiger partial charge is 0.193 e. The Morgan fingerprint density at radius 2 is 1.94 bits per heavy atom. The largest absolute Gasteiger partial charge is 0.382 e. The van der Waals surface area contributed by atoms with Crippen LogP contribution in [-0.2, 0) is 14.2 Å². The van der Waals surface area contributed by atoms with E-state index >= 15 is 0 Å². The number of guanidine groups is 1. The summed E-state index contributed by atoms with van der Waals surface area (Å²) >= 11 is 0. The van der Waals surface area contributed by atoms with Crippen LogP contribution in [0.3, 0.4) is 0 Å². The Balaban J connectivity index is 0.00000341. The molecule has 1 N–H and O–H groups in total. The van der Waals surface area contributed by atoms with Gasteiger partial charge in [0.25, 0.3) is 0 Å². The fourth-order valence-electron chi connectivity index (χ4n) is 4.21. The second kappa shape index (κ2) is 14.3. The van der Waals surface area contributed by atoms with Crippen LogP contribution in [0.1, 0.15) is 23.6 Å². The summed E-state index contributed by atoms with van der Waals surface area (Å²) in [6.07, 6.45) is 1.14. The Morgan fingerprint density at radius 3 is 2.61 bits per heavy atom. The van der Waals surface area contributed by atoms with E-state index in [1.54, 1.807) is 7.11 Å². The molecule has 0 saturated carbocycles. The first-order valence-corrected chi connectivity index (χ1v) is 11.1. The summed E-state index contributed by atoms with van der Waals surface area (Å²) in [6.45, 7) is 10.6. The number of nitrogens with one attached hydrogen (secondary N) is 1. The van der Waals surface area contributed by atoms with Crippen LogP contribution in [0, 0.1) is 12.8 Å². The van der Waals surface area contributed by atoms with Crippen molar-refractivity contribution in [3.63, 3.8) is 0 Å². The maximum absolute atomic E-state index is 5.73. The predicted octanol–water partition coefficient (Wildman–Crippen LogP) is 2.55. The lowest BCUT2D eigenvalue weighted by molar-refractivity contribution is 0.0169. The van der Waals surface area contributed by atoms with Crippen molar-refractivity contribution < 1.29 is 14.2 Å². The average molecular weight is 546 g/mol. The molecule has 0 bridgehead atoms. The zero-order chi connectivity index (χ0) is 21.2. The van der Waals surface area contributed by atoms with Crippen LogP contribution in [-0.4, -0.2) is 95.7 Å². The van der Waals surface area contributed by atoms with E-state index in [-0.39, 0.29) is 24.0 Å². The number of methoxy groups -OCH3 is 1. The molecule has 1 aromatic carbocycles. The van der Waals surface area contributed by atoms with Gasteiger partial charge in [0, 0.05) is 52.8 Å². The van der Waals surface area contributed by atoms with Crippen LogP contribution in [0.15, 0.2) is 29.3 Å². The Bertz CT molecular complexity index is 653. The average Bonchev–Trinajstić information content (AvgIpc) is 3.25. The quantitative estimate of drug-likeness (QED) is 0.223. The van der Waals surface area contributed by atoms with Crippen LogP contribution in [0.4, 0.5) is 0 Å². The van der Waals surface area contributed by atoms with Gasteiger partial charge in [0.1, 0.15) is 0 Å². The lowest BCUT2D eigenvalue weighted by atomic mass is 10.0. The monoisotopic (exact) mass is 546 g/mol. The lowest BCUT2D eigenvalue weighted by Gasteiger charge is -2.35. The van der Waals surface area contributed by atoms with Gasteiger partial charge in [0.2, 0.25) is 0 Å². The molecular weight excluding hydrogens is 507 g/mol. The van der Waals surface area contributed by atoms with Crippen molar-refractivity contribution >= 4 is 29.9 Å². The Labute approximate surface area is 204 Å². The van der Waals surface area contributed by atoms with Gasteiger partial charge in [0.15, 0.2) is 5.96 Å². The van der Waals surface area contributed by atoms with Gasteiger partial charge in [-0.2, -0.15) is 0 Å². The zero-order valence-corrected chi connectivity index (χ0v) is 21.5. The van der Waals surface area contributed by atoms with E-state index in [1.807, 2.05) is 7.05 Å². The lowest BCUT2D eigenvalue weighted by Crippen LogP contribution is -2.47. The molecule has 3 rings (SSSR count). The summed E-state index contributed by atoms with van der Waals surface area (Å²) in [7, 11) is 3.58. The van der Waals surface area contributed by atoms with Crippen molar-refractivity contribution in [2.75, 3.05) is 79.9 Å². The third-order valence-electron chi connectivity index (χ3n) is 5.98. The minimum Gasteiger partial charge on any atom is -0.382 e. The number of nitrogens with zero attached hydrogens (tertiary/aromatic N) is 3. The third kappa shape index (κ3) is 8.16. The molecule has 0 aromatic heterocycles. The van der Waals surface area contributed by atoms with E-state index in [1.165, 1.54) is 11.1 Å². The van der Waals surface area contributed by atoms with Crippen molar-refractivity contribution in [3.05, 3.63) is 35.4 Å². The highest BCUT2D eigenvalue weighted by molar-refractivity contribution is 14.0. The molecule has 0 spiro atoms. The van der Waals surface area contributed by atoms with Crippen LogP contribution >= 0.6 is 24.0 Å². The molecule has 2 saturated heterocycles. The first-order chi connectivity index (χ1) is 14.7. The molecule has 31 heavy (non-hydrogen) atoms. The van der Waals surface area contributed by atoms with Gasteiger partial charge in [0.05, 0.1) is 39.1 Å². The molecule has 176 valence electrons. The molecule has 0 amide bonds. The highest BCUT2D eigenvalue weighted by Crippen LogP contribution is 2.22. The molecule has 2 unspecified atom stereocenters. The number of rotatable bonds is 9. The van der Waals surface area contributed by atoms with Crippen LogP contribution in [0.5, 0.6) is 0 Å². The summed E-state index contributed by atoms with van der Waals surface area (Å²) < 4.78 is 16.4. The van der Waals surface area contributed by atoms with Gasteiger partial charge < -0.3 is 24.4 Å². The van der Waals surface area contributed by atoms with Gasteiger partial charge in [-0.05, 0) is 18.9 Å². The van der Waals surface area contributed by atoms with Crippen LogP contribution in [0.2, 0.25) is 0 Å². The molecule has 0 radical (unpaired) electrons. The Hall–Kier alpha value is -0.940. The highest BCUT2D eigenvalue weighted by atomic mass is 127. The van der Waals surface area contributed by atoms with Gasteiger partial charge in [-0.3, -0.25) is 9.89 Å². The number of morpholine rings is 1. The van der Waals surface area contributed by atoms with E-state index in [2.05, 4.69) is 51.3 Å². The number of hydrogen-bond donors (Lipinski definition) is 1. The van der Waals surface area contributed by atoms with Gasteiger partial charge in [-0.15, -0.1) is 24.0 Å². The van der Waals surface area contributed by atoms with E-state index in [4.69, 9.17) is 14.2 Å². The number of aliphatic imine (C=N–C) groups is 1. The molecule has 8 heteroatoms. The summed E-state index contributed by atoms with van der Waals surface area (Å²) in [5.74, 6) is 1.53. The van der Waals surface area contributed by atoms with E-state index < -0.39 is 0 Å². The highest BCUT2D eigenvalue weighted by Gasteiger charge is 2.27. The Morgan fingerprint density at radius 1 is 1.19 bits per heavy atom. The standard InChI is InChI=1S/C23H38N4O3.HI/c1-19-4-6-21(7-5-19)22(26-10-12-29-13-11-26)16-25-23(24-2)27-9-8-20(17-27)18-30-15-14-28-3;/h4-7,20,22H,8-18H2,1-3H3,(H,24,25);1H. The number of aryl methyl sites for hydroxylation is 1. The fraction of sp³-hybridized carbons (Fsp3) is 0.696. The molecule has 2 heterocycles. The second-order valence-corrected chi connectivity index (χ2v) is 8.17. The minimum atomic E-state index is 0. The topological polar surface area (TPSA) is 58.6 Å².